The Kier molecular flexibility index (Phi) is 4.48. The molecule has 0 bridgehead atoms. The zero-order valence-electron chi connectivity index (χ0n) is 14.5. The first-order valence-electron chi connectivity index (χ1n) is 8.25. The Balaban J connectivity index is 1.38. The van der Waals surface area contributed by atoms with Gasteiger partial charge < -0.3 is 9.47 Å². The molecule has 1 aliphatic rings. The summed E-state index contributed by atoms with van der Waals surface area (Å²) < 4.78 is 10.6. The number of tetrazole rings is 1. The molecule has 9 heteroatoms. The van der Waals surface area contributed by atoms with Gasteiger partial charge >= 0.3 is 0 Å². The number of carbonyl (C=O) groups is 1. The van der Waals surface area contributed by atoms with Crippen LogP contribution in [0, 0.1) is 0 Å². The molecule has 3 aromatic rings. The number of hydrogen-bond donors (Lipinski definition) is 1. The lowest BCUT2D eigenvalue weighted by Crippen LogP contribution is -2.25. The van der Waals surface area contributed by atoms with Crippen molar-refractivity contribution in [2.75, 3.05) is 6.79 Å². The fraction of sp³-hybridized carbons (Fsp3) is 0.167. The summed E-state index contributed by atoms with van der Waals surface area (Å²) in [5.74, 6) is 1.46. The average molecular weight is 364 g/mol. The smallest absolute Gasteiger partial charge is 0.263 e. The highest BCUT2D eigenvalue weighted by molar-refractivity contribution is 5.99. The van der Waals surface area contributed by atoms with Crippen molar-refractivity contribution in [3.63, 3.8) is 0 Å². The van der Waals surface area contributed by atoms with Gasteiger partial charge in [0.1, 0.15) is 6.54 Å². The number of rotatable bonds is 5. The van der Waals surface area contributed by atoms with Crippen molar-refractivity contribution >= 4 is 11.6 Å². The Hall–Kier alpha value is -3.75. The Morgan fingerprint density at radius 3 is 2.85 bits per heavy atom. The summed E-state index contributed by atoms with van der Waals surface area (Å²) in [7, 11) is 0. The van der Waals surface area contributed by atoms with Crippen molar-refractivity contribution < 1.29 is 14.3 Å². The predicted molar refractivity (Wildman–Crippen MR) is 96.2 cm³/mol. The second kappa shape index (κ2) is 7.24. The predicted octanol–water partition coefficient (Wildman–Crippen LogP) is 1.61. The van der Waals surface area contributed by atoms with Crippen molar-refractivity contribution in [3.8, 4) is 22.9 Å². The molecule has 1 amide bonds. The molecular weight excluding hydrogens is 348 g/mol. The highest BCUT2D eigenvalue weighted by Crippen LogP contribution is 2.32. The Bertz CT molecular complexity index is 999. The van der Waals surface area contributed by atoms with Gasteiger partial charge in [0, 0.05) is 11.1 Å². The van der Waals surface area contributed by atoms with Crippen molar-refractivity contribution in [3.05, 3.63) is 54.1 Å². The minimum absolute atomic E-state index is 0.0856. The Morgan fingerprint density at radius 2 is 2.00 bits per heavy atom. The van der Waals surface area contributed by atoms with E-state index in [-0.39, 0.29) is 19.2 Å². The van der Waals surface area contributed by atoms with E-state index in [4.69, 9.17) is 9.47 Å². The summed E-state index contributed by atoms with van der Waals surface area (Å²) >= 11 is 0. The summed E-state index contributed by atoms with van der Waals surface area (Å²) in [6, 6.07) is 14.9. The SMILES string of the molecule is C/C(=N/NC(=O)Cn1nnc(-c2ccccc2)n1)c1ccc2c(c1)OCO2. The molecule has 0 saturated heterocycles. The number of nitrogens with one attached hydrogen (secondary N) is 1. The molecule has 4 rings (SSSR count). The topological polar surface area (TPSA) is 104 Å². The van der Waals surface area contributed by atoms with Crippen LogP contribution in [0.1, 0.15) is 12.5 Å². The number of hydrogen-bond acceptors (Lipinski definition) is 7. The Labute approximate surface area is 154 Å². The van der Waals surface area contributed by atoms with Crippen LogP contribution in [0.25, 0.3) is 11.4 Å². The van der Waals surface area contributed by atoms with Crippen LogP contribution in [0.2, 0.25) is 0 Å². The van der Waals surface area contributed by atoms with E-state index in [0.717, 1.165) is 11.1 Å². The number of benzene rings is 2. The number of amides is 1. The van der Waals surface area contributed by atoms with Gasteiger partial charge in [-0.05, 0) is 30.3 Å². The third-order valence-corrected chi connectivity index (χ3v) is 3.91. The molecule has 9 nitrogen and oxygen atoms in total. The second-order valence-corrected chi connectivity index (χ2v) is 5.81. The highest BCUT2D eigenvalue weighted by Gasteiger charge is 2.14. The number of aromatic nitrogens is 4. The molecule has 0 saturated carbocycles. The van der Waals surface area contributed by atoms with Crippen LogP contribution in [-0.2, 0) is 11.3 Å². The molecular formula is C18H16N6O3. The summed E-state index contributed by atoms with van der Waals surface area (Å²) in [6.07, 6.45) is 0. The van der Waals surface area contributed by atoms with Gasteiger partial charge in [-0.25, -0.2) is 5.43 Å². The molecule has 0 unspecified atom stereocenters. The maximum atomic E-state index is 12.1. The maximum absolute atomic E-state index is 12.1. The monoisotopic (exact) mass is 364 g/mol. The first-order valence-corrected chi connectivity index (χ1v) is 8.25. The van der Waals surface area contributed by atoms with Crippen LogP contribution < -0.4 is 14.9 Å². The molecule has 0 spiro atoms. The number of nitrogens with zero attached hydrogens (tertiary/aromatic N) is 5. The molecule has 2 heterocycles. The second-order valence-electron chi connectivity index (χ2n) is 5.81. The number of hydrazone groups is 1. The van der Waals surface area contributed by atoms with E-state index in [9.17, 15) is 4.79 Å². The van der Waals surface area contributed by atoms with Gasteiger partial charge in [0.2, 0.25) is 12.6 Å². The highest BCUT2D eigenvalue weighted by atomic mass is 16.7. The molecule has 2 aromatic carbocycles. The molecule has 0 atom stereocenters. The van der Waals surface area contributed by atoms with Crippen molar-refractivity contribution in [2.24, 2.45) is 5.10 Å². The quantitative estimate of drug-likeness (QED) is 0.545. The molecule has 136 valence electrons. The van der Waals surface area contributed by atoms with E-state index in [0.29, 0.717) is 23.0 Å². The summed E-state index contributed by atoms with van der Waals surface area (Å²) in [6.45, 7) is 1.92. The number of carbonyl (C=O) groups excluding carboxylic acids is 1. The van der Waals surface area contributed by atoms with E-state index < -0.39 is 0 Å². The normalized spacial score (nSPS) is 12.9. The zero-order chi connectivity index (χ0) is 18.6. The van der Waals surface area contributed by atoms with Crippen molar-refractivity contribution in [1.29, 1.82) is 0 Å². The number of fused-ring (bicyclic) bond motifs is 1. The van der Waals surface area contributed by atoms with E-state index in [2.05, 4.69) is 25.9 Å². The van der Waals surface area contributed by atoms with Gasteiger partial charge in [-0.1, -0.05) is 30.3 Å². The van der Waals surface area contributed by atoms with Crippen LogP contribution in [0.5, 0.6) is 11.5 Å². The molecule has 1 aliphatic heterocycles. The van der Waals surface area contributed by atoms with Gasteiger partial charge in [0.05, 0.1) is 5.71 Å². The lowest BCUT2D eigenvalue weighted by atomic mass is 10.1. The first kappa shape index (κ1) is 16.7. The molecule has 27 heavy (non-hydrogen) atoms. The first-order chi connectivity index (χ1) is 13.2. The Morgan fingerprint density at radius 1 is 1.19 bits per heavy atom. The molecule has 0 radical (unpaired) electrons. The largest absolute Gasteiger partial charge is 0.454 e. The lowest BCUT2D eigenvalue weighted by Gasteiger charge is -2.04. The average Bonchev–Trinajstić information content (AvgIpc) is 3.35. The van der Waals surface area contributed by atoms with Crippen molar-refractivity contribution in [1.82, 2.24) is 25.6 Å². The summed E-state index contributed by atoms with van der Waals surface area (Å²) in [5, 5.41) is 16.2. The van der Waals surface area contributed by atoms with Crippen molar-refractivity contribution in [2.45, 2.75) is 13.5 Å². The third-order valence-electron chi connectivity index (χ3n) is 3.91. The standard InChI is InChI=1S/C18H16N6O3/c1-12(14-7-8-15-16(9-14)27-11-26-15)19-20-17(25)10-24-22-18(21-23-24)13-5-3-2-4-6-13/h2-9H,10-11H2,1H3,(H,20,25)/b19-12-. The van der Waals surface area contributed by atoms with Crippen LogP contribution in [0.15, 0.2) is 53.6 Å². The van der Waals surface area contributed by atoms with Crippen LogP contribution in [0.3, 0.4) is 0 Å². The lowest BCUT2D eigenvalue weighted by molar-refractivity contribution is -0.122. The fourth-order valence-corrected chi connectivity index (χ4v) is 2.51. The van der Waals surface area contributed by atoms with Crippen LogP contribution >= 0.6 is 0 Å². The molecule has 0 fully saturated rings. The zero-order valence-corrected chi connectivity index (χ0v) is 14.5. The summed E-state index contributed by atoms with van der Waals surface area (Å²) in [4.78, 5) is 13.3. The minimum atomic E-state index is -0.355. The number of ether oxygens (including phenoxy) is 2. The molecule has 1 aromatic heterocycles. The van der Waals surface area contributed by atoms with Gasteiger partial charge in [-0.2, -0.15) is 9.90 Å². The van der Waals surface area contributed by atoms with Gasteiger partial charge in [-0.15, -0.1) is 10.2 Å². The maximum Gasteiger partial charge on any atom is 0.263 e. The fourth-order valence-electron chi connectivity index (χ4n) is 2.51. The van der Waals surface area contributed by atoms with E-state index in [1.165, 1.54) is 4.80 Å². The van der Waals surface area contributed by atoms with Gasteiger partial charge in [0.25, 0.3) is 5.91 Å². The van der Waals surface area contributed by atoms with E-state index >= 15 is 0 Å². The van der Waals surface area contributed by atoms with Crippen LogP contribution in [-0.4, -0.2) is 38.6 Å². The van der Waals surface area contributed by atoms with Gasteiger partial charge in [0.15, 0.2) is 11.5 Å². The van der Waals surface area contributed by atoms with Gasteiger partial charge in [-0.3, -0.25) is 4.79 Å². The molecule has 1 N–H and O–H groups in total. The summed E-state index contributed by atoms with van der Waals surface area (Å²) in [5.41, 5.74) is 4.79. The van der Waals surface area contributed by atoms with E-state index in [1.54, 1.807) is 6.92 Å². The molecule has 0 aliphatic carbocycles. The van der Waals surface area contributed by atoms with Crippen LogP contribution in [0.4, 0.5) is 0 Å². The third kappa shape index (κ3) is 3.76. The van der Waals surface area contributed by atoms with E-state index in [1.807, 2.05) is 48.5 Å². The minimum Gasteiger partial charge on any atom is -0.454 e.